The van der Waals surface area contributed by atoms with Gasteiger partial charge in [-0.15, -0.1) is 22.7 Å². The maximum Gasteiger partial charge on any atom is 0.348 e. The number of nitriles is 1. The van der Waals surface area contributed by atoms with E-state index in [1.54, 1.807) is 13.8 Å². The van der Waals surface area contributed by atoms with Crippen LogP contribution in [0.1, 0.15) is 32.6 Å². The second-order valence-electron chi connectivity index (χ2n) is 4.40. The molecule has 114 valence electrons. The molecule has 2 aromatic rings. The zero-order valence-corrected chi connectivity index (χ0v) is 13.8. The van der Waals surface area contributed by atoms with E-state index in [0.29, 0.717) is 21.0 Å². The Labute approximate surface area is 136 Å². The Morgan fingerprint density at radius 3 is 2.82 bits per heavy atom. The van der Waals surface area contributed by atoms with Crippen molar-refractivity contribution >= 4 is 39.6 Å². The lowest BCUT2D eigenvalue weighted by atomic mass is 10.2. The van der Waals surface area contributed by atoms with Gasteiger partial charge in [0.15, 0.2) is 0 Å². The highest BCUT2D eigenvalue weighted by atomic mass is 32.1. The van der Waals surface area contributed by atoms with Crippen molar-refractivity contribution in [2.24, 2.45) is 0 Å². The number of nitrogens with one attached hydrogen (secondary N) is 1. The minimum absolute atomic E-state index is 0.212. The number of hydrogen-bond acceptors (Lipinski definition) is 6. The molecule has 0 atom stereocenters. The molecule has 0 aromatic carbocycles. The first-order valence-electron chi connectivity index (χ1n) is 6.59. The fourth-order valence-electron chi connectivity index (χ4n) is 1.87. The van der Waals surface area contributed by atoms with Gasteiger partial charge < -0.3 is 10.1 Å². The Bertz CT molecular complexity index is 727. The Kier molecular flexibility index (Phi) is 5.31. The van der Waals surface area contributed by atoms with Crippen LogP contribution < -0.4 is 5.32 Å². The van der Waals surface area contributed by atoms with Gasteiger partial charge >= 0.3 is 5.97 Å². The van der Waals surface area contributed by atoms with Gasteiger partial charge in [0.1, 0.15) is 15.9 Å². The van der Waals surface area contributed by atoms with Crippen molar-refractivity contribution in [2.75, 3.05) is 11.9 Å². The zero-order valence-electron chi connectivity index (χ0n) is 12.1. The van der Waals surface area contributed by atoms with Crippen molar-refractivity contribution in [1.82, 2.24) is 0 Å². The number of anilines is 1. The lowest BCUT2D eigenvalue weighted by molar-refractivity contribution is -0.115. The van der Waals surface area contributed by atoms with Gasteiger partial charge in [-0.25, -0.2) is 4.79 Å². The second-order valence-corrected chi connectivity index (χ2v) is 6.45. The predicted molar refractivity (Wildman–Crippen MR) is 86.4 cm³/mol. The standard InChI is InChI=1S/C15H14N2O3S2/c1-3-20-15(19)13-9(2)11(8-16)14(22-13)17-12(18)7-10-5-4-6-21-10/h4-6H,3,7H2,1-2H3,(H,17,18). The van der Waals surface area contributed by atoms with Crippen LogP contribution in [-0.2, 0) is 16.0 Å². The first kappa shape index (κ1) is 16.2. The van der Waals surface area contributed by atoms with E-state index in [1.165, 1.54) is 11.3 Å². The summed E-state index contributed by atoms with van der Waals surface area (Å²) in [6.07, 6.45) is 0.244. The third kappa shape index (κ3) is 3.53. The fraction of sp³-hybridized carbons (Fsp3) is 0.267. The molecule has 0 aliphatic carbocycles. The highest BCUT2D eigenvalue weighted by Gasteiger charge is 2.22. The van der Waals surface area contributed by atoms with Crippen molar-refractivity contribution in [1.29, 1.82) is 5.26 Å². The Morgan fingerprint density at radius 1 is 1.45 bits per heavy atom. The highest BCUT2D eigenvalue weighted by molar-refractivity contribution is 7.18. The number of rotatable bonds is 5. The van der Waals surface area contributed by atoms with E-state index < -0.39 is 5.97 Å². The molecule has 0 bridgehead atoms. The summed E-state index contributed by atoms with van der Waals surface area (Å²) in [6.45, 7) is 3.66. The lowest BCUT2D eigenvalue weighted by Crippen LogP contribution is -2.13. The van der Waals surface area contributed by atoms with E-state index in [-0.39, 0.29) is 18.9 Å². The fourth-order valence-corrected chi connectivity index (χ4v) is 3.64. The minimum Gasteiger partial charge on any atom is -0.462 e. The molecule has 0 unspecified atom stereocenters. The van der Waals surface area contributed by atoms with Gasteiger partial charge in [-0.05, 0) is 30.9 Å². The van der Waals surface area contributed by atoms with Gasteiger partial charge in [-0.3, -0.25) is 4.79 Å². The molecule has 0 fully saturated rings. The molecular formula is C15H14N2O3S2. The summed E-state index contributed by atoms with van der Waals surface area (Å²) in [6, 6.07) is 5.79. The van der Waals surface area contributed by atoms with Crippen LogP contribution in [0.4, 0.5) is 5.00 Å². The minimum atomic E-state index is -0.472. The van der Waals surface area contributed by atoms with Crippen LogP contribution in [0.25, 0.3) is 0 Å². The van der Waals surface area contributed by atoms with Gasteiger partial charge in [0.2, 0.25) is 5.91 Å². The molecule has 22 heavy (non-hydrogen) atoms. The van der Waals surface area contributed by atoms with E-state index in [9.17, 15) is 14.9 Å². The van der Waals surface area contributed by atoms with Crippen LogP contribution in [0.3, 0.4) is 0 Å². The summed E-state index contributed by atoms with van der Waals surface area (Å²) in [5.41, 5.74) is 0.852. The predicted octanol–water partition coefficient (Wildman–Crippen LogP) is 3.35. The first-order chi connectivity index (χ1) is 10.6. The van der Waals surface area contributed by atoms with Crippen molar-refractivity contribution in [3.63, 3.8) is 0 Å². The number of carbonyl (C=O) groups excluding carboxylic acids is 2. The molecule has 0 saturated heterocycles. The Balaban J connectivity index is 2.20. The first-order valence-corrected chi connectivity index (χ1v) is 8.29. The summed E-state index contributed by atoms with van der Waals surface area (Å²) in [7, 11) is 0. The number of carbonyl (C=O) groups is 2. The van der Waals surface area contributed by atoms with E-state index in [4.69, 9.17) is 4.74 Å². The topological polar surface area (TPSA) is 79.2 Å². The summed E-state index contributed by atoms with van der Waals surface area (Å²) < 4.78 is 4.96. The second kappa shape index (κ2) is 7.20. The van der Waals surface area contributed by atoms with Gasteiger partial charge in [0, 0.05) is 4.88 Å². The molecular weight excluding hydrogens is 320 g/mol. The smallest absolute Gasteiger partial charge is 0.348 e. The summed E-state index contributed by atoms with van der Waals surface area (Å²) in [5, 5.41) is 14.3. The van der Waals surface area contributed by atoms with Crippen LogP contribution >= 0.6 is 22.7 Å². The van der Waals surface area contributed by atoms with Crippen LogP contribution in [0.15, 0.2) is 17.5 Å². The van der Waals surface area contributed by atoms with Crippen molar-refractivity contribution < 1.29 is 14.3 Å². The normalized spacial score (nSPS) is 10.0. The van der Waals surface area contributed by atoms with Crippen LogP contribution in [-0.4, -0.2) is 18.5 Å². The highest BCUT2D eigenvalue weighted by Crippen LogP contribution is 2.33. The molecule has 0 spiro atoms. The number of esters is 1. The summed E-state index contributed by atoms with van der Waals surface area (Å²) >= 11 is 2.57. The average molecular weight is 334 g/mol. The summed E-state index contributed by atoms with van der Waals surface area (Å²) in [4.78, 5) is 25.2. The Morgan fingerprint density at radius 2 is 2.23 bits per heavy atom. The SMILES string of the molecule is CCOC(=O)c1sc(NC(=O)Cc2cccs2)c(C#N)c1C. The van der Waals surface area contributed by atoms with Gasteiger partial charge in [0.05, 0.1) is 18.6 Å². The molecule has 1 amide bonds. The molecule has 0 radical (unpaired) electrons. The van der Waals surface area contributed by atoms with Gasteiger partial charge in [0.25, 0.3) is 0 Å². The lowest BCUT2D eigenvalue weighted by Gasteiger charge is -2.01. The van der Waals surface area contributed by atoms with Crippen LogP contribution in [0, 0.1) is 18.3 Å². The van der Waals surface area contributed by atoms with Gasteiger partial charge in [-0.2, -0.15) is 5.26 Å². The number of amides is 1. The Hall–Kier alpha value is -2.17. The third-order valence-corrected chi connectivity index (χ3v) is 4.95. The van der Waals surface area contributed by atoms with E-state index >= 15 is 0 Å². The molecule has 7 heteroatoms. The number of hydrogen-bond donors (Lipinski definition) is 1. The zero-order chi connectivity index (χ0) is 16.1. The molecule has 1 N–H and O–H groups in total. The molecule has 2 rings (SSSR count). The number of thiophene rings is 2. The largest absolute Gasteiger partial charge is 0.462 e. The van der Waals surface area contributed by atoms with Crippen molar-refractivity contribution in [3.05, 3.63) is 38.4 Å². The third-order valence-electron chi connectivity index (χ3n) is 2.89. The van der Waals surface area contributed by atoms with Crippen molar-refractivity contribution in [2.45, 2.75) is 20.3 Å². The van der Waals surface area contributed by atoms with Crippen LogP contribution in [0.2, 0.25) is 0 Å². The van der Waals surface area contributed by atoms with Gasteiger partial charge in [-0.1, -0.05) is 6.07 Å². The number of ether oxygens (including phenoxy) is 1. The van der Waals surface area contributed by atoms with E-state index in [0.717, 1.165) is 16.2 Å². The van der Waals surface area contributed by atoms with E-state index in [1.807, 2.05) is 23.6 Å². The number of nitrogens with zero attached hydrogens (tertiary/aromatic N) is 1. The maximum absolute atomic E-state index is 12.0. The van der Waals surface area contributed by atoms with Crippen LogP contribution in [0.5, 0.6) is 0 Å². The average Bonchev–Trinajstić information content (AvgIpc) is 3.07. The van der Waals surface area contributed by atoms with Crippen molar-refractivity contribution in [3.8, 4) is 6.07 Å². The monoisotopic (exact) mass is 334 g/mol. The molecule has 2 heterocycles. The quantitative estimate of drug-likeness (QED) is 0.851. The molecule has 5 nitrogen and oxygen atoms in total. The maximum atomic E-state index is 12.0. The summed E-state index contributed by atoms with van der Waals surface area (Å²) in [5.74, 6) is -0.684. The molecule has 0 saturated carbocycles. The van der Waals surface area contributed by atoms with E-state index in [2.05, 4.69) is 5.32 Å². The molecule has 2 aromatic heterocycles. The molecule has 0 aliphatic heterocycles. The molecule has 0 aliphatic rings.